The fourth-order valence-corrected chi connectivity index (χ4v) is 2.90. The van der Waals surface area contributed by atoms with Gasteiger partial charge in [-0.05, 0) is 43.7 Å². The third-order valence-electron chi connectivity index (χ3n) is 4.66. The van der Waals surface area contributed by atoms with E-state index in [1.54, 1.807) is 0 Å². The lowest BCUT2D eigenvalue weighted by Crippen LogP contribution is -2.36. The molecule has 0 radical (unpaired) electrons. The Labute approximate surface area is 143 Å². The van der Waals surface area contributed by atoms with Crippen LogP contribution in [0.25, 0.3) is 0 Å². The third-order valence-corrected chi connectivity index (χ3v) is 4.66. The molecule has 1 aliphatic heterocycles. The molecule has 0 bridgehead atoms. The van der Waals surface area contributed by atoms with Gasteiger partial charge in [0.05, 0.1) is 18.3 Å². The Kier molecular flexibility index (Phi) is 4.74. The summed E-state index contributed by atoms with van der Waals surface area (Å²) in [5.74, 6) is 0.928. The average molecular weight is 324 g/mol. The van der Waals surface area contributed by atoms with Gasteiger partial charge in [0.2, 0.25) is 0 Å². The van der Waals surface area contributed by atoms with E-state index >= 15 is 0 Å². The summed E-state index contributed by atoms with van der Waals surface area (Å²) in [6, 6.07) is 15.4. The van der Waals surface area contributed by atoms with Crippen LogP contribution in [-0.2, 0) is 0 Å². The number of benzene rings is 2. The van der Waals surface area contributed by atoms with E-state index in [2.05, 4.69) is 12.2 Å². The molecular weight excluding hydrogens is 300 g/mol. The minimum Gasteiger partial charge on any atom is -0.486 e. The highest BCUT2D eigenvalue weighted by Gasteiger charge is 2.23. The quantitative estimate of drug-likeness (QED) is 0.845. The summed E-state index contributed by atoms with van der Waals surface area (Å²) >= 11 is 0. The van der Waals surface area contributed by atoms with Gasteiger partial charge in [0.1, 0.15) is 11.9 Å². The van der Waals surface area contributed by atoms with Crippen molar-refractivity contribution in [3.05, 3.63) is 54.1 Å². The van der Waals surface area contributed by atoms with Gasteiger partial charge >= 0.3 is 0 Å². The summed E-state index contributed by atoms with van der Waals surface area (Å²) in [4.78, 5) is 14.9. The number of hydrogen-bond donors (Lipinski definition) is 1. The summed E-state index contributed by atoms with van der Waals surface area (Å²) in [6.07, 6.45) is 1.16. The van der Waals surface area contributed by atoms with Crippen LogP contribution < -0.4 is 15.0 Å². The maximum absolute atomic E-state index is 12.9. The number of carbonyl (C=O) groups is 1. The van der Waals surface area contributed by atoms with E-state index in [0.717, 1.165) is 30.1 Å². The Morgan fingerprint density at radius 2 is 2.04 bits per heavy atom. The molecule has 0 saturated carbocycles. The monoisotopic (exact) mass is 324 g/mol. The van der Waals surface area contributed by atoms with Crippen molar-refractivity contribution >= 4 is 17.2 Å². The number of nitrogens with one attached hydrogen (secondary N) is 1. The van der Waals surface area contributed by atoms with Gasteiger partial charge in [-0.2, -0.15) is 0 Å². The van der Waals surface area contributed by atoms with E-state index in [9.17, 15) is 4.79 Å². The van der Waals surface area contributed by atoms with Gasteiger partial charge in [-0.15, -0.1) is 0 Å². The molecule has 4 nitrogen and oxygen atoms in total. The molecule has 0 spiro atoms. The molecule has 0 amide bonds. The molecule has 1 N–H and O–H groups in total. The smallest absolute Gasteiger partial charge is 0.184 e. The average Bonchev–Trinajstić information content (AvgIpc) is 2.66. The van der Waals surface area contributed by atoms with Crippen molar-refractivity contribution in [2.75, 3.05) is 23.8 Å². The molecule has 0 aliphatic carbocycles. The van der Waals surface area contributed by atoms with Crippen molar-refractivity contribution in [3.8, 4) is 5.75 Å². The lowest BCUT2D eigenvalue weighted by atomic mass is 10.0. The minimum absolute atomic E-state index is 0.101. The van der Waals surface area contributed by atoms with Crippen LogP contribution in [0.15, 0.2) is 48.5 Å². The molecular formula is C20H24N2O2. The topological polar surface area (TPSA) is 41.6 Å². The number of anilines is 2. The number of rotatable bonds is 5. The Morgan fingerprint density at radius 1 is 1.29 bits per heavy atom. The van der Waals surface area contributed by atoms with E-state index in [4.69, 9.17) is 4.74 Å². The van der Waals surface area contributed by atoms with Crippen LogP contribution in [0.2, 0.25) is 0 Å². The van der Waals surface area contributed by atoms with Gasteiger partial charge in [-0.1, -0.05) is 25.1 Å². The van der Waals surface area contributed by atoms with E-state index in [-0.39, 0.29) is 17.9 Å². The Hall–Kier alpha value is -2.49. The fraction of sp³-hybridized carbons (Fsp3) is 0.350. The van der Waals surface area contributed by atoms with Gasteiger partial charge in [0, 0.05) is 18.3 Å². The molecule has 126 valence electrons. The van der Waals surface area contributed by atoms with Crippen molar-refractivity contribution in [2.45, 2.75) is 32.4 Å². The highest BCUT2D eigenvalue weighted by molar-refractivity contribution is 6.02. The molecule has 1 heterocycles. The Morgan fingerprint density at radius 3 is 2.75 bits per heavy atom. The molecule has 2 aromatic rings. The normalized spacial score (nSPS) is 17.2. The van der Waals surface area contributed by atoms with Crippen LogP contribution in [0.5, 0.6) is 5.75 Å². The second-order valence-electron chi connectivity index (χ2n) is 6.23. The standard InChI is InChI=1S/C20H24N2O2/c1-4-17-13-21-18-12-15(10-11-19(18)24-17)20(23)14(2)22(3)16-8-6-5-7-9-16/h5-12,14,17,21H,4,13H2,1-3H3. The van der Waals surface area contributed by atoms with Gasteiger partial charge in [-0.25, -0.2) is 0 Å². The van der Waals surface area contributed by atoms with Gasteiger partial charge < -0.3 is 15.0 Å². The van der Waals surface area contributed by atoms with Crippen LogP contribution in [0.4, 0.5) is 11.4 Å². The molecule has 0 fully saturated rings. The first kappa shape index (κ1) is 16.4. The van der Waals surface area contributed by atoms with Crippen molar-refractivity contribution in [3.63, 3.8) is 0 Å². The molecule has 24 heavy (non-hydrogen) atoms. The maximum Gasteiger partial charge on any atom is 0.184 e. The van der Waals surface area contributed by atoms with Crippen molar-refractivity contribution in [2.24, 2.45) is 0 Å². The predicted octanol–water partition coefficient (Wildman–Crippen LogP) is 3.98. The number of carbonyl (C=O) groups excluding carboxylic acids is 1. The van der Waals surface area contributed by atoms with Crippen LogP contribution >= 0.6 is 0 Å². The number of likely N-dealkylation sites (N-methyl/N-ethyl adjacent to an activating group) is 1. The van der Waals surface area contributed by atoms with E-state index in [1.807, 2.05) is 67.4 Å². The molecule has 4 heteroatoms. The number of Topliss-reactive ketones (excluding diaryl/α,β-unsaturated/α-hetero) is 1. The summed E-state index contributed by atoms with van der Waals surface area (Å²) in [6.45, 7) is 4.82. The summed E-state index contributed by atoms with van der Waals surface area (Å²) < 4.78 is 5.91. The molecule has 0 aromatic heterocycles. The zero-order valence-corrected chi connectivity index (χ0v) is 14.5. The number of para-hydroxylation sites is 1. The maximum atomic E-state index is 12.9. The van der Waals surface area contributed by atoms with Crippen LogP contribution in [0.1, 0.15) is 30.6 Å². The molecule has 1 aliphatic rings. The minimum atomic E-state index is -0.238. The summed E-state index contributed by atoms with van der Waals surface area (Å²) in [5.41, 5.74) is 2.64. The zero-order valence-electron chi connectivity index (χ0n) is 14.5. The Bertz CT molecular complexity index is 715. The van der Waals surface area contributed by atoms with Crippen molar-refractivity contribution in [1.29, 1.82) is 0 Å². The van der Waals surface area contributed by atoms with E-state index < -0.39 is 0 Å². The lowest BCUT2D eigenvalue weighted by Gasteiger charge is -2.28. The first-order chi connectivity index (χ1) is 11.6. The molecule has 3 rings (SSSR count). The van der Waals surface area contributed by atoms with Gasteiger partial charge in [-0.3, -0.25) is 4.79 Å². The van der Waals surface area contributed by atoms with E-state index in [1.165, 1.54) is 0 Å². The molecule has 2 unspecified atom stereocenters. The van der Waals surface area contributed by atoms with Crippen LogP contribution in [0.3, 0.4) is 0 Å². The van der Waals surface area contributed by atoms with Gasteiger partial charge in [0.25, 0.3) is 0 Å². The number of ether oxygens (including phenoxy) is 1. The van der Waals surface area contributed by atoms with Crippen LogP contribution in [0, 0.1) is 0 Å². The number of hydrogen-bond acceptors (Lipinski definition) is 4. The number of ketones is 1. The Balaban J connectivity index is 1.78. The highest BCUT2D eigenvalue weighted by atomic mass is 16.5. The summed E-state index contributed by atoms with van der Waals surface area (Å²) in [7, 11) is 1.95. The van der Waals surface area contributed by atoms with Crippen molar-refractivity contribution < 1.29 is 9.53 Å². The summed E-state index contributed by atoms with van der Waals surface area (Å²) in [5, 5.41) is 3.37. The van der Waals surface area contributed by atoms with Gasteiger partial charge in [0.15, 0.2) is 5.78 Å². The largest absolute Gasteiger partial charge is 0.486 e. The zero-order chi connectivity index (χ0) is 17.1. The van der Waals surface area contributed by atoms with Crippen LogP contribution in [-0.4, -0.2) is 31.5 Å². The molecule has 0 saturated heterocycles. The second kappa shape index (κ2) is 6.95. The number of nitrogens with zero attached hydrogens (tertiary/aromatic N) is 1. The second-order valence-corrected chi connectivity index (χ2v) is 6.23. The van der Waals surface area contributed by atoms with Crippen molar-refractivity contribution in [1.82, 2.24) is 0 Å². The predicted molar refractivity (Wildman–Crippen MR) is 98.3 cm³/mol. The molecule has 2 aromatic carbocycles. The molecule has 2 atom stereocenters. The number of fused-ring (bicyclic) bond motifs is 1. The van der Waals surface area contributed by atoms with E-state index in [0.29, 0.717) is 5.56 Å². The third kappa shape index (κ3) is 3.23. The lowest BCUT2D eigenvalue weighted by molar-refractivity contribution is 0.0966. The fourth-order valence-electron chi connectivity index (χ4n) is 2.90. The SMILES string of the molecule is CCC1CNc2cc(C(=O)C(C)N(C)c3ccccc3)ccc2O1. The highest BCUT2D eigenvalue weighted by Crippen LogP contribution is 2.31. The first-order valence-electron chi connectivity index (χ1n) is 8.46. The first-order valence-corrected chi connectivity index (χ1v) is 8.46.